The van der Waals surface area contributed by atoms with Gasteiger partial charge < -0.3 is 9.97 Å². The lowest BCUT2D eigenvalue weighted by Gasteiger charge is -1.84. The molecule has 0 aromatic carbocycles. The number of halogens is 1. The quantitative estimate of drug-likeness (QED) is 0.616. The van der Waals surface area contributed by atoms with Gasteiger partial charge in [-0.2, -0.15) is 0 Å². The highest BCUT2D eigenvalue weighted by molar-refractivity contribution is 6.30. The van der Waals surface area contributed by atoms with Gasteiger partial charge in [-0.15, -0.1) is 0 Å². The van der Waals surface area contributed by atoms with E-state index in [0.29, 0.717) is 10.5 Å². The molecule has 0 radical (unpaired) electrons. The molecule has 2 rings (SSSR count). The zero-order valence-corrected chi connectivity index (χ0v) is 6.27. The molecule has 0 saturated carbocycles. The summed E-state index contributed by atoms with van der Waals surface area (Å²) in [6, 6.07) is 3.37. The van der Waals surface area contributed by atoms with Gasteiger partial charge in [-0.25, -0.2) is 0 Å². The molecule has 11 heavy (non-hydrogen) atoms. The molecular formula is C7H5ClN2O. The first kappa shape index (κ1) is 6.49. The number of pyridine rings is 1. The van der Waals surface area contributed by atoms with Crippen molar-refractivity contribution in [3.63, 3.8) is 0 Å². The van der Waals surface area contributed by atoms with Crippen LogP contribution in [-0.2, 0) is 0 Å². The van der Waals surface area contributed by atoms with Gasteiger partial charge in [-0.1, -0.05) is 11.6 Å². The van der Waals surface area contributed by atoms with Crippen molar-refractivity contribution >= 4 is 22.5 Å². The summed E-state index contributed by atoms with van der Waals surface area (Å²) in [7, 11) is 0. The topological polar surface area (TPSA) is 48.6 Å². The predicted molar refractivity (Wildman–Crippen MR) is 43.9 cm³/mol. The van der Waals surface area contributed by atoms with Crippen LogP contribution in [0, 0.1) is 0 Å². The number of aromatic amines is 2. The van der Waals surface area contributed by atoms with Crippen molar-refractivity contribution in [3.8, 4) is 0 Å². The van der Waals surface area contributed by atoms with E-state index < -0.39 is 0 Å². The van der Waals surface area contributed by atoms with E-state index in [1.165, 1.54) is 0 Å². The van der Waals surface area contributed by atoms with E-state index >= 15 is 0 Å². The Labute approximate surface area is 67.0 Å². The number of fused-ring (bicyclic) bond motifs is 1. The van der Waals surface area contributed by atoms with Crippen LogP contribution in [-0.4, -0.2) is 9.97 Å². The van der Waals surface area contributed by atoms with E-state index in [-0.39, 0.29) is 5.56 Å². The standard InChI is InChI=1S/C7H5ClN2O/c8-6-3-4-5(10-6)1-2-9-7(4)11/h1-3,10H,(H,9,11). The predicted octanol–water partition coefficient (Wildman–Crippen LogP) is 1.51. The molecule has 0 bridgehead atoms. The van der Waals surface area contributed by atoms with Crippen LogP contribution >= 0.6 is 11.6 Å². The second-order valence-corrected chi connectivity index (χ2v) is 2.66. The molecule has 0 amide bonds. The van der Waals surface area contributed by atoms with Crippen molar-refractivity contribution in [2.24, 2.45) is 0 Å². The minimum Gasteiger partial charge on any atom is -0.345 e. The fraction of sp³-hybridized carbons (Fsp3) is 0. The highest BCUT2D eigenvalue weighted by atomic mass is 35.5. The fourth-order valence-electron chi connectivity index (χ4n) is 1.03. The summed E-state index contributed by atoms with van der Waals surface area (Å²) in [5, 5.41) is 1.08. The van der Waals surface area contributed by atoms with E-state index in [4.69, 9.17) is 11.6 Å². The Bertz CT molecular complexity index is 443. The van der Waals surface area contributed by atoms with E-state index in [1.807, 2.05) is 0 Å². The summed E-state index contributed by atoms with van der Waals surface area (Å²) in [4.78, 5) is 16.5. The maximum atomic E-state index is 11.1. The highest BCUT2D eigenvalue weighted by Crippen LogP contribution is 2.13. The first-order valence-corrected chi connectivity index (χ1v) is 3.51. The maximum absolute atomic E-state index is 11.1. The van der Waals surface area contributed by atoms with Gasteiger partial charge in [0.1, 0.15) is 5.15 Å². The monoisotopic (exact) mass is 168 g/mol. The lowest BCUT2D eigenvalue weighted by atomic mass is 10.3. The van der Waals surface area contributed by atoms with E-state index in [0.717, 1.165) is 5.52 Å². The Kier molecular flexibility index (Phi) is 1.26. The van der Waals surface area contributed by atoms with Crippen LogP contribution in [0.3, 0.4) is 0 Å². The average Bonchev–Trinajstić information content (AvgIpc) is 2.31. The van der Waals surface area contributed by atoms with Crippen LogP contribution in [0.1, 0.15) is 0 Å². The molecule has 0 aliphatic carbocycles. The minimum absolute atomic E-state index is 0.120. The van der Waals surface area contributed by atoms with Gasteiger partial charge in [0.25, 0.3) is 5.56 Å². The van der Waals surface area contributed by atoms with Crippen molar-refractivity contribution in [1.82, 2.24) is 9.97 Å². The summed E-state index contributed by atoms with van der Waals surface area (Å²) < 4.78 is 0. The zero-order chi connectivity index (χ0) is 7.84. The Hall–Kier alpha value is -1.22. The summed E-state index contributed by atoms with van der Waals surface area (Å²) in [6.45, 7) is 0. The first-order valence-electron chi connectivity index (χ1n) is 3.13. The lowest BCUT2D eigenvalue weighted by molar-refractivity contribution is 1.27. The molecule has 0 fully saturated rings. The lowest BCUT2D eigenvalue weighted by Crippen LogP contribution is -2.02. The van der Waals surface area contributed by atoms with Crippen LogP contribution in [0.5, 0.6) is 0 Å². The molecule has 0 saturated heterocycles. The van der Waals surface area contributed by atoms with Crippen LogP contribution < -0.4 is 5.56 Å². The van der Waals surface area contributed by atoms with Crippen LogP contribution in [0.15, 0.2) is 23.1 Å². The number of nitrogens with one attached hydrogen (secondary N) is 2. The summed E-state index contributed by atoms with van der Waals surface area (Å²) in [5.74, 6) is 0. The second kappa shape index (κ2) is 2.13. The Morgan fingerprint density at radius 2 is 2.27 bits per heavy atom. The SMILES string of the molecule is O=c1[nH]ccc2[nH]c(Cl)cc12. The molecule has 2 aromatic heterocycles. The Morgan fingerprint density at radius 3 is 3.00 bits per heavy atom. The number of aromatic nitrogens is 2. The third kappa shape index (κ3) is 0.935. The number of H-pyrrole nitrogens is 2. The molecule has 56 valence electrons. The molecule has 4 heteroatoms. The van der Waals surface area contributed by atoms with Crippen LogP contribution in [0.4, 0.5) is 0 Å². The molecule has 0 spiro atoms. The van der Waals surface area contributed by atoms with Gasteiger partial charge in [0.15, 0.2) is 0 Å². The normalized spacial score (nSPS) is 10.6. The van der Waals surface area contributed by atoms with Gasteiger partial charge in [-0.3, -0.25) is 4.79 Å². The first-order chi connectivity index (χ1) is 5.27. The van der Waals surface area contributed by atoms with Gasteiger partial charge in [0, 0.05) is 6.20 Å². The maximum Gasteiger partial charge on any atom is 0.257 e. The van der Waals surface area contributed by atoms with E-state index in [1.54, 1.807) is 18.3 Å². The molecular weight excluding hydrogens is 164 g/mol. The molecule has 3 nitrogen and oxygen atoms in total. The number of hydrogen-bond donors (Lipinski definition) is 2. The van der Waals surface area contributed by atoms with Crippen molar-refractivity contribution < 1.29 is 0 Å². The fourth-order valence-corrected chi connectivity index (χ4v) is 1.25. The molecule has 2 N–H and O–H groups in total. The molecule has 2 aromatic rings. The van der Waals surface area contributed by atoms with Gasteiger partial charge >= 0.3 is 0 Å². The van der Waals surface area contributed by atoms with Gasteiger partial charge in [-0.05, 0) is 12.1 Å². The third-order valence-electron chi connectivity index (χ3n) is 1.52. The Balaban J connectivity index is 3.02. The van der Waals surface area contributed by atoms with Crippen molar-refractivity contribution in [2.45, 2.75) is 0 Å². The molecule has 0 aliphatic rings. The van der Waals surface area contributed by atoms with Crippen molar-refractivity contribution in [3.05, 3.63) is 33.8 Å². The average molecular weight is 169 g/mol. The summed E-state index contributed by atoms with van der Waals surface area (Å²) in [6.07, 6.45) is 1.58. The second-order valence-electron chi connectivity index (χ2n) is 2.25. The molecule has 0 atom stereocenters. The van der Waals surface area contributed by atoms with Crippen LogP contribution in [0.25, 0.3) is 10.9 Å². The van der Waals surface area contributed by atoms with Crippen LogP contribution in [0.2, 0.25) is 5.15 Å². The summed E-state index contributed by atoms with van der Waals surface area (Å²) in [5.41, 5.74) is 0.643. The molecule has 0 unspecified atom stereocenters. The van der Waals surface area contributed by atoms with Crippen molar-refractivity contribution in [2.75, 3.05) is 0 Å². The third-order valence-corrected chi connectivity index (χ3v) is 1.73. The minimum atomic E-state index is -0.120. The number of rotatable bonds is 0. The zero-order valence-electron chi connectivity index (χ0n) is 5.52. The Morgan fingerprint density at radius 1 is 1.45 bits per heavy atom. The molecule has 2 heterocycles. The highest BCUT2D eigenvalue weighted by Gasteiger charge is 1.99. The number of hydrogen-bond acceptors (Lipinski definition) is 1. The van der Waals surface area contributed by atoms with Gasteiger partial charge in [0.05, 0.1) is 10.9 Å². The van der Waals surface area contributed by atoms with E-state index in [9.17, 15) is 4.79 Å². The smallest absolute Gasteiger partial charge is 0.257 e. The largest absolute Gasteiger partial charge is 0.345 e. The summed E-state index contributed by atoms with van der Waals surface area (Å²) >= 11 is 5.65. The van der Waals surface area contributed by atoms with Gasteiger partial charge in [0.2, 0.25) is 0 Å². The molecule has 0 aliphatic heterocycles. The van der Waals surface area contributed by atoms with Crippen molar-refractivity contribution in [1.29, 1.82) is 0 Å². The van der Waals surface area contributed by atoms with E-state index in [2.05, 4.69) is 9.97 Å².